The molecule has 0 bridgehead atoms. The van der Waals surface area contributed by atoms with E-state index in [2.05, 4.69) is 4.98 Å². The van der Waals surface area contributed by atoms with E-state index in [4.69, 9.17) is 14.9 Å². The quantitative estimate of drug-likeness (QED) is 0.406. The number of ether oxygens (including phenoxy) is 1. The fraction of sp³-hybridized carbons (Fsp3) is 0.667. The molecule has 5 atom stereocenters. The number of aliphatic hydroxyl groups is 2. The van der Waals surface area contributed by atoms with Crippen LogP contribution in [0.25, 0.3) is 6.08 Å². The maximum absolute atomic E-state index is 15.2. The zero-order valence-electron chi connectivity index (χ0n) is 22.0. The molecule has 1 aliphatic rings. The van der Waals surface area contributed by atoms with Crippen molar-refractivity contribution in [3.8, 4) is 0 Å². The van der Waals surface area contributed by atoms with E-state index in [1.807, 2.05) is 26.8 Å². The van der Waals surface area contributed by atoms with Crippen molar-refractivity contribution in [2.24, 2.45) is 23.0 Å². The highest BCUT2D eigenvalue weighted by Gasteiger charge is 2.43. The molecule has 0 fully saturated rings. The van der Waals surface area contributed by atoms with Crippen molar-refractivity contribution in [1.82, 2.24) is 4.98 Å². The third kappa shape index (κ3) is 7.82. The van der Waals surface area contributed by atoms with E-state index >= 15 is 4.39 Å². The standard InChI is InChI=1S/C27H41FN2O6/c1-6-19-25(33)17(3)9-7-8-16(2)10-11-21(20(28)12-18-15-35-23(14-29)30-18)36-24(32)13-22(31)27(4,5)26(19)34/h10,12,15,17,19,21-22,25,31,33H,6-9,11,13-14,29H2,1-5H3. The number of carbonyl (C=O) groups is 2. The molecule has 2 heterocycles. The SMILES string of the molecule is CCC1C(=O)C(C)(C)C(O)CC(=O)OC(C(F)=Cc2coc(CN)n2)CC=C(C)CCCC(C)C1O. The fourth-order valence-electron chi connectivity index (χ4n) is 4.46. The molecular weight excluding hydrogens is 467 g/mol. The fourth-order valence-corrected chi connectivity index (χ4v) is 4.46. The molecule has 4 N–H and O–H groups in total. The highest BCUT2D eigenvalue weighted by molar-refractivity contribution is 5.88. The van der Waals surface area contributed by atoms with Crippen LogP contribution in [-0.4, -0.2) is 45.3 Å². The number of ketones is 1. The molecule has 0 saturated heterocycles. The number of carbonyl (C=O) groups excluding carboxylic acids is 2. The zero-order chi connectivity index (χ0) is 27.0. The predicted molar refractivity (Wildman–Crippen MR) is 134 cm³/mol. The Morgan fingerprint density at radius 2 is 2.03 bits per heavy atom. The molecule has 0 spiro atoms. The van der Waals surface area contributed by atoms with E-state index < -0.39 is 47.9 Å². The van der Waals surface area contributed by atoms with E-state index in [-0.39, 0.29) is 36.3 Å². The van der Waals surface area contributed by atoms with E-state index in [1.165, 1.54) is 6.26 Å². The third-order valence-corrected chi connectivity index (χ3v) is 7.12. The zero-order valence-corrected chi connectivity index (χ0v) is 22.0. The number of nitrogens with zero attached hydrogens (tertiary/aromatic N) is 1. The summed E-state index contributed by atoms with van der Waals surface area (Å²) in [7, 11) is 0. The first-order valence-corrected chi connectivity index (χ1v) is 12.7. The summed E-state index contributed by atoms with van der Waals surface area (Å²) in [5.74, 6) is -2.40. The second kappa shape index (κ2) is 13.3. The monoisotopic (exact) mass is 508 g/mol. The second-order valence-electron chi connectivity index (χ2n) is 10.3. The van der Waals surface area contributed by atoms with E-state index in [9.17, 15) is 19.8 Å². The van der Waals surface area contributed by atoms with Gasteiger partial charge in [-0.05, 0) is 38.5 Å². The first-order chi connectivity index (χ1) is 16.9. The van der Waals surface area contributed by atoms with Crippen molar-refractivity contribution in [3.63, 3.8) is 0 Å². The number of rotatable bonds is 4. The van der Waals surface area contributed by atoms with Gasteiger partial charge in [0.05, 0.1) is 30.6 Å². The Hall–Kier alpha value is -2.36. The Kier molecular flexibility index (Phi) is 11.0. The van der Waals surface area contributed by atoms with Crippen LogP contribution in [0.2, 0.25) is 0 Å². The van der Waals surface area contributed by atoms with Gasteiger partial charge in [-0.15, -0.1) is 0 Å². The summed E-state index contributed by atoms with van der Waals surface area (Å²) in [6.07, 6.45) is 2.99. The maximum atomic E-state index is 15.2. The van der Waals surface area contributed by atoms with Gasteiger partial charge in [-0.1, -0.05) is 39.3 Å². The van der Waals surface area contributed by atoms with Crippen molar-refractivity contribution in [1.29, 1.82) is 0 Å². The van der Waals surface area contributed by atoms with Gasteiger partial charge in [-0.2, -0.15) is 0 Å². The lowest BCUT2D eigenvalue weighted by molar-refractivity contribution is -0.155. The van der Waals surface area contributed by atoms with Gasteiger partial charge in [0.1, 0.15) is 23.6 Å². The molecule has 2 rings (SSSR count). The summed E-state index contributed by atoms with van der Waals surface area (Å²) < 4.78 is 25.7. The van der Waals surface area contributed by atoms with Crippen molar-refractivity contribution < 1.29 is 33.3 Å². The van der Waals surface area contributed by atoms with E-state index in [0.29, 0.717) is 12.8 Å². The molecule has 1 aliphatic heterocycles. The lowest BCUT2D eigenvalue weighted by atomic mass is 9.71. The molecule has 1 aromatic heterocycles. The number of Topliss-reactive ketones (excluding diaryl/α,β-unsaturated/α-hetero) is 1. The van der Waals surface area contributed by atoms with E-state index in [1.54, 1.807) is 13.8 Å². The molecule has 0 amide bonds. The average molecular weight is 509 g/mol. The van der Waals surface area contributed by atoms with Crippen molar-refractivity contribution >= 4 is 17.8 Å². The number of halogens is 1. The largest absolute Gasteiger partial charge is 0.455 e. The highest BCUT2D eigenvalue weighted by atomic mass is 19.1. The van der Waals surface area contributed by atoms with Crippen LogP contribution in [0.3, 0.4) is 0 Å². The van der Waals surface area contributed by atoms with Crippen LogP contribution < -0.4 is 5.73 Å². The maximum Gasteiger partial charge on any atom is 0.309 e. The summed E-state index contributed by atoms with van der Waals surface area (Å²) in [6, 6.07) is 0. The van der Waals surface area contributed by atoms with Gasteiger partial charge in [0.2, 0.25) is 5.89 Å². The first kappa shape index (κ1) is 29.9. The van der Waals surface area contributed by atoms with Crippen molar-refractivity contribution in [2.45, 2.75) is 98.0 Å². The molecule has 8 nitrogen and oxygen atoms in total. The van der Waals surface area contributed by atoms with Gasteiger partial charge in [-0.25, -0.2) is 9.37 Å². The van der Waals surface area contributed by atoms with Crippen LogP contribution in [-0.2, 0) is 20.9 Å². The normalized spacial score (nSPS) is 29.5. The molecule has 0 aliphatic carbocycles. The van der Waals surface area contributed by atoms with Crippen LogP contribution in [0.4, 0.5) is 4.39 Å². The lowest BCUT2D eigenvalue weighted by Crippen LogP contribution is -2.46. The number of hydrogen-bond donors (Lipinski definition) is 3. The number of esters is 1. The summed E-state index contributed by atoms with van der Waals surface area (Å²) in [6.45, 7) is 8.84. The molecule has 5 unspecified atom stereocenters. The molecule has 0 aromatic carbocycles. The molecule has 0 saturated carbocycles. The number of allylic oxidation sites excluding steroid dienone is 1. The smallest absolute Gasteiger partial charge is 0.309 e. The first-order valence-electron chi connectivity index (χ1n) is 12.7. The van der Waals surface area contributed by atoms with Gasteiger partial charge in [0.15, 0.2) is 6.10 Å². The number of oxazole rings is 1. The molecule has 36 heavy (non-hydrogen) atoms. The minimum atomic E-state index is -1.37. The van der Waals surface area contributed by atoms with Crippen LogP contribution in [0.1, 0.15) is 84.7 Å². The van der Waals surface area contributed by atoms with E-state index in [0.717, 1.165) is 24.5 Å². The van der Waals surface area contributed by atoms with Crippen LogP contribution in [0.5, 0.6) is 0 Å². The summed E-state index contributed by atoms with van der Waals surface area (Å²) in [4.78, 5) is 30.1. The van der Waals surface area contributed by atoms with Crippen molar-refractivity contribution in [3.05, 3.63) is 35.3 Å². The Bertz CT molecular complexity index is 954. The van der Waals surface area contributed by atoms with Crippen LogP contribution in [0.15, 0.2) is 28.2 Å². The molecule has 1 aromatic rings. The van der Waals surface area contributed by atoms with Gasteiger partial charge >= 0.3 is 5.97 Å². The number of hydrogen-bond acceptors (Lipinski definition) is 8. The van der Waals surface area contributed by atoms with Crippen LogP contribution in [0, 0.1) is 17.3 Å². The number of aromatic nitrogens is 1. The lowest BCUT2D eigenvalue weighted by Gasteiger charge is -2.35. The van der Waals surface area contributed by atoms with Gasteiger partial charge < -0.3 is 25.1 Å². The predicted octanol–water partition coefficient (Wildman–Crippen LogP) is 4.25. The minimum absolute atomic E-state index is 0.0662. The Morgan fingerprint density at radius 3 is 2.64 bits per heavy atom. The van der Waals surface area contributed by atoms with Gasteiger partial charge in [-0.3, -0.25) is 9.59 Å². The third-order valence-electron chi connectivity index (χ3n) is 7.12. The molecule has 202 valence electrons. The van der Waals surface area contributed by atoms with Gasteiger partial charge in [0, 0.05) is 18.4 Å². The summed E-state index contributed by atoms with van der Waals surface area (Å²) in [5.41, 5.74) is 5.38. The molecule has 0 radical (unpaired) electrons. The Balaban J connectivity index is 2.35. The van der Waals surface area contributed by atoms with Gasteiger partial charge in [0.25, 0.3) is 0 Å². The second-order valence-corrected chi connectivity index (χ2v) is 10.3. The molecular formula is C27H41FN2O6. The summed E-state index contributed by atoms with van der Waals surface area (Å²) >= 11 is 0. The Labute approximate surface area is 212 Å². The van der Waals surface area contributed by atoms with Crippen molar-refractivity contribution in [2.75, 3.05) is 0 Å². The number of nitrogens with two attached hydrogens (primary N) is 1. The minimum Gasteiger partial charge on any atom is -0.455 e. The average Bonchev–Trinajstić information content (AvgIpc) is 3.28. The highest BCUT2D eigenvalue weighted by Crippen LogP contribution is 2.34. The Morgan fingerprint density at radius 1 is 1.33 bits per heavy atom. The molecule has 9 heteroatoms. The number of cyclic esters (lactones) is 1. The summed E-state index contributed by atoms with van der Waals surface area (Å²) in [5, 5.41) is 21.7. The number of aliphatic hydroxyl groups excluding tert-OH is 2. The van der Waals surface area contributed by atoms with Crippen LogP contribution >= 0.6 is 0 Å². The topological polar surface area (TPSA) is 136 Å².